The number of hydrogen-bond acceptors (Lipinski definition) is 5. The van der Waals surface area contributed by atoms with Crippen molar-refractivity contribution in [1.82, 2.24) is 0 Å². The Kier molecular flexibility index (Phi) is 7.61. The number of carbonyl (C=O) groups is 3. The molecule has 196 valence electrons. The van der Waals surface area contributed by atoms with Gasteiger partial charge in [-0.25, -0.2) is 4.79 Å². The van der Waals surface area contributed by atoms with E-state index in [1.165, 1.54) is 19.2 Å². The van der Waals surface area contributed by atoms with Crippen LogP contribution >= 0.6 is 11.6 Å². The molecule has 0 fully saturated rings. The van der Waals surface area contributed by atoms with Crippen molar-refractivity contribution < 1.29 is 23.9 Å². The van der Waals surface area contributed by atoms with Crippen LogP contribution in [0.5, 0.6) is 5.75 Å². The molecule has 2 amide bonds. The lowest BCUT2D eigenvalue weighted by Crippen LogP contribution is -2.33. The Morgan fingerprint density at radius 3 is 2.44 bits per heavy atom. The second-order valence-corrected chi connectivity index (χ2v) is 9.32. The SMILES string of the molecule is COC(=O)c1cc(NC(=O)c2ccccc2-c2ccccc2)ccc1C(=O)N1CCCOc2cc(Cl)ccc21. The van der Waals surface area contributed by atoms with E-state index in [1.54, 1.807) is 41.3 Å². The molecule has 7 nitrogen and oxygen atoms in total. The molecule has 0 aliphatic carbocycles. The number of anilines is 2. The fraction of sp³-hybridized carbons (Fsp3) is 0.129. The van der Waals surface area contributed by atoms with E-state index in [2.05, 4.69) is 5.32 Å². The Hall–Kier alpha value is -4.62. The molecule has 1 aliphatic heterocycles. The summed E-state index contributed by atoms with van der Waals surface area (Å²) in [6, 6.07) is 26.5. The first-order valence-electron chi connectivity index (χ1n) is 12.4. The average Bonchev–Trinajstić information content (AvgIpc) is 3.18. The van der Waals surface area contributed by atoms with E-state index < -0.39 is 11.9 Å². The maximum atomic E-state index is 13.7. The molecule has 39 heavy (non-hydrogen) atoms. The second-order valence-electron chi connectivity index (χ2n) is 8.89. The minimum absolute atomic E-state index is 0.0392. The molecule has 0 bridgehead atoms. The van der Waals surface area contributed by atoms with Crippen molar-refractivity contribution in [3.05, 3.63) is 113 Å². The van der Waals surface area contributed by atoms with Gasteiger partial charge in [0.15, 0.2) is 0 Å². The zero-order chi connectivity index (χ0) is 27.4. The van der Waals surface area contributed by atoms with E-state index in [0.717, 1.165) is 11.1 Å². The molecule has 0 atom stereocenters. The highest BCUT2D eigenvalue weighted by molar-refractivity contribution is 6.31. The van der Waals surface area contributed by atoms with Crippen molar-refractivity contribution in [2.45, 2.75) is 6.42 Å². The summed E-state index contributed by atoms with van der Waals surface area (Å²) in [5, 5.41) is 3.35. The van der Waals surface area contributed by atoms with E-state index in [0.29, 0.717) is 47.3 Å². The number of nitrogens with zero attached hydrogens (tertiary/aromatic N) is 1. The third kappa shape index (κ3) is 5.49. The first-order valence-corrected chi connectivity index (χ1v) is 12.8. The first-order chi connectivity index (χ1) is 19.0. The molecule has 4 aromatic rings. The quantitative estimate of drug-likeness (QED) is 0.293. The van der Waals surface area contributed by atoms with Gasteiger partial charge in [-0.1, -0.05) is 60.1 Å². The fourth-order valence-electron chi connectivity index (χ4n) is 4.54. The van der Waals surface area contributed by atoms with Crippen LogP contribution in [0.2, 0.25) is 5.02 Å². The van der Waals surface area contributed by atoms with Crippen molar-refractivity contribution in [3.63, 3.8) is 0 Å². The van der Waals surface area contributed by atoms with Gasteiger partial charge in [0.1, 0.15) is 5.75 Å². The Labute approximate surface area is 230 Å². The molecule has 1 heterocycles. The van der Waals surface area contributed by atoms with Gasteiger partial charge in [-0.05, 0) is 53.9 Å². The molecule has 8 heteroatoms. The van der Waals surface area contributed by atoms with Gasteiger partial charge in [0.2, 0.25) is 0 Å². The van der Waals surface area contributed by atoms with Crippen LogP contribution < -0.4 is 15.0 Å². The summed E-state index contributed by atoms with van der Waals surface area (Å²) in [6.07, 6.45) is 0.598. The van der Waals surface area contributed by atoms with Crippen molar-refractivity contribution in [2.75, 3.05) is 30.5 Å². The number of methoxy groups -OCH3 is 1. The number of ether oxygens (including phenoxy) is 2. The number of esters is 1. The van der Waals surface area contributed by atoms with Gasteiger partial charge in [-0.15, -0.1) is 0 Å². The largest absolute Gasteiger partial charge is 0.491 e. The summed E-state index contributed by atoms with van der Waals surface area (Å²) in [5.74, 6) is -0.938. The zero-order valence-electron chi connectivity index (χ0n) is 21.1. The van der Waals surface area contributed by atoms with E-state index in [9.17, 15) is 14.4 Å². The predicted molar refractivity (Wildman–Crippen MR) is 151 cm³/mol. The van der Waals surface area contributed by atoms with Crippen LogP contribution in [-0.4, -0.2) is 38.0 Å². The number of carbonyl (C=O) groups excluding carboxylic acids is 3. The van der Waals surface area contributed by atoms with Crippen LogP contribution in [0.15, 0.2) is 91.0 Å². The van der Waals surface area contributed by atoms with Crippen molar-refractivity contribution in [1.29, 1.82) is 0 Å². The van der Waals surface area contributed by atoms with Gasteiger partial charge in [0.05, 0.1) is 30.5 Å². The topological polar surface area (TPSA) is 84.9 Å². The zero-order valence-corrected chi connectivity index (χ0v) is 21.9. The minimum atomic E-state index is -0.693. The lowest BCUT2D eigenvalue weighted by atomic mass is 9.99. The Balaban J connectivity index is 1.47. The van der Waals surface area contributed by atoms with Gasteiger partial charge < -0.3 is 19.7 Å². The second kappa shape index (κ2) is 11.4. The molecule has 0 radical (unpaired) electrons. The summed E-state index contributed by atoms with van der Waals surface area (Å²) in [5.41, 5.74) is 3.26. The normalized spacial score (nSPS) is 12.5. The Morgan fingerprint density at radius 1 is 0.872 bits per heavy atom. The lowest BCUT2D eigenvalue weighted by molar-refractivity contribution is 0.0596. The molecule has 0 saturated carbocycles. The molecule has 1 aliphatic rings. The predicted octanol–water partition coefficient (Wildman–Crippen LogP) is 6.48. The van der Waals surface area contributed by atoms with E-state index in [4.69, 9.17) is 21.1 Å². The van der Waals surface area contributed by atoms with Crippen LogP contribution in [-0.2, 0) is 4.74 Å². The third-order valence-corrected chi connectivity index (χ3v) is 6.65. The smallest absolute Gasteiger partial charge is 0.338 e. The maximum absolute atomic E-state index is 13.7. The van der Waals surface area contributed by atoms with Gasteiger partial charge in [0.25, 0.3) is 11.8 Å². The number of hydrogen-bond donors (Lipinski definition) is 1. The van der Waals surface area contributed by atoms with E-state index in [-0.39, 0.29) is 17.0 Å². The van der Waals surface area contributed by atoms with Crippen molar-refractivity contribution in [2.24, 2.45) is 0 Å². The number of rotatable bonds is 5. The lowest BCUT2D eigenvalue weighted by Gasteiger charge is -2.23. The Morgan fingerprint density at radius 2 is 1.64 bits per heavy atom. The molecular formula is C31H25ClN2O5. The van der Waals surface area contributed by atoms with Crippen molar-refractivity contribution in [3.8, 4) is 16.9 Å². The van der Waals surface area contributed by atoms with Crippen LogP contribution in [0, 0.1) is 0 Å². The van der Waals surface area contributed by atoms with Crippen LogP contribution in [0.25, 0.3) is 11.1 Å². The highest BCUT2D eigenvalue weighted by atomic mass is 35.5. The molecule has 0 saturated heterocycles. The molecule has 5 rings (SSSR count). The van der Waals surface area contributed by atoms with Crippen LogP contribution in [0.1, 0.15) is 37.5 Å². The average molecular weight is 541 g/mol. The van der Waals surface area contributed by atoms with Gasteiger partial charge in [-0.3, -0.25) is 9.59 Å². The standard InChI is InChI=1S/C31H25ClN2O5/c1-38-31(37)26-19-22(33-29(35)24-11-6-5-10-23(24)20-8-3-2-4-9-20)13-14-25(26)30(36)34-16-7-17-39-28-18-21(32)12-15-27(28)34/h2-6,8-15,18-19H,7,16-17H2,1H3,(H,33,35). The summed E-state index contributed by atoms with van der Waals surface area (Å²) in [6.45, 7) is 0.819. The summed E-state index contributed by atoms with van der Waals surface area (Å²) >= 11 is 6.13. The van der Waals surface area contributed by atoms with Gasteiger partial charge >= 0.3 is 5.97 Å². The fourth-order valence-corrected chi connectivity index (χ4v) is 4.71. The summed E-state index contributed by atoms with van der Waals surface area (Å²) < 4.78 is 10.8. The third-order valence-electron chi connectivity index (χ3n) is 6.41. The number of fused-ring (bicyclic) bond motifs is 1. The minimum Gasteiger partial charge on any atom is -0.491 e. The number of amides is 2. The Bertz CT molecular complexity index is 1550. The first kappa shape index (κ1) is 26.0. The molecule has 0 spiro atoms. The van der Waals surface area contributed by atoms with Gasteiger partial charge in [-0.2, -0.15) is 0 Å². The van der Waals surface area contributed by atoms with Crippen LogP contribution in [0.3, 0.4) is 0 Å². The highest BCUT2D eigenvalue weighted by Gasteiger charge is 2.28. The number of benzene rings is 4. The molecule has 4 aromatic carbocycles. The molecule has 0 unspecified atom stereocenters. The molecule has 0 aromatic heterocycles. The van der Waals surface area contributed by atoms with Gasteiger partial charge in [0, 0.05) is 28.9 Å². The van der Waals surface area contributed by atoms with Crippen LogP contribution in [0.4, 0.5) is 11.4 Å². The van der Waals surface area contributed by atoms with Crippen molar-refractivity contribution >= 4 is 40.8 Å². The highest BCUT2D eigenvalue weighted by Crippen LogP contribution is 2.35. The number of nitrogens with one attached hydrogen (secondary N) is 1. The van der Waals surface area contributed by atoms with E-state index >= 15 is 0 Å². The number of halogens is 1. The summed E-state index contributed by atoms with van der Waals surface area (Å²) in [4.78, 5) is 41.4. The maximum Gasteiger partial charge on any atom is 0.338 e. The summed E-state index contributed by atoms with van der Waals surface area (Å²) in [7, 11) is 1.25. The molecular weight excluding hydrogens is 516 g/mol. The monoisotopic (exact) mass is 540 g/mol. The molecule has 1 N–H and O–H groups in total. The van der Waals surface area contributed by atoms with E-state index in [1.807, 2.05) is 42.5 Å².